The Hall–Kier alpha value is -3.94. The maximum atomic E-state index is 14.4. The maximum Gasteiger partial charge on any atom is 0.238 e. The zero-order valence-corrected chi connectivity index (χ0v) is 22.7. The van der Waals surface area contributed by atoms with Crippen LogP contribution >= 0.6 is 0 Å². The molecule has 6 atom stereocenters. The molecule has 4 aliphatic carbocycles. The molecule has 2 bridgehead atoms. The van der Waals surface area contributed by atoms with E-state index in [9.17, 15) is 19.2 Å². The Morgan fingerprint density at radius 1 is 0.725 bits per heavy atom. The zero-order chi connectivity index (χ0) is 27.8. The first-order valence-corrected chi connectivity index (χ1v) is 14.4. The van der Waals surface area contributed by atoms with Crippen LogP contribution in [0.1, 0.15) is 39.5 Å². The van der Waals surface area contributed by atoms with Crippen LogP contribution in [0.4, 0.5) is 11.4 Å². The maximum absolute atomic E-state index is 14.4. The average molecular weight is 541 g/mol. The molecule has 0 aromatic heterocycles. The van der Waals surface area contributed by atoms with Gasteiger partial charge in [-0.15, -0.1) is 0 Å². The van der Waals surface area contributed by atoms with Crippen LogP contribution in [0.2, 0.25) is 0 Å². The predicted octanol–water partition coefficient (Wildman–Crippen LogP) is 4.53. The van der Waals surface area contributed by atoms with E-state index in [2.05, 4.69) is 6.08 Å². The number of imide groups is 2. The topological polar surface area (TPSA) is 93.2 Å². The van der Waals surface area contributed by atoms with Gasteiger partial charge in [-0.25, -0.2) is 9.80 Å². The third-order valence-electron chi connectivity index (χ3n) is 9.73. The first kappa shape index (κ1) is 25.1. The molecule has 4 fully saturated rings. The molecule has 8 heteroatoms. The van der Waals surface area contributed by atoms with Crippen molar-refractivity contribution in [1.82, 2.24) is 0 Å². The van der Waals surface area contributed by atoms with Crippen LogP contribution < -0.4 is 19.3 Å². The molecule has 2 heterocycles. The summed E-state index contributed by atoms with van der Waals surface area (Å²) in [6.45, 7) is 4.50. The fourth-order valence-electron chi connectivity index (χ4n) is 8.49. The molecule has 0 N–H and O–H groups in total. The molecule has 6 aliphatic rings. The van der Waals surface area contributed by atoms with E-state index in [-0.39, 0.29) is 23.6 Å². The average Bonchev–Trinajstić information content (AvgIpc) is 3.40. The second-order valence-corrected chi connectivity index (χ2v) is 11.3. The molecule has 2 aliphatic heterocycles. The van der Waals surface area contributed by atoms with Crippen molar-refractivity contribution in [3.05, 3.63) is 60.2 Å². The lowest BCUT2D eigenvalue weighted by atomic mass is 9.41. The number of amides is 4. The van der Waals surface area contributed by atoms with Crippen LogP contribution in [0.15, 0.2) is 60.2 Å². The van der Waals surface area contributed by atoms with Crippen molar-refractivity contribution in [1.29, 1.82) is 0 Å². The minimum absolute atomic E-state index is 0.286. The highest BCUT2D eigenvalue weighted by Gasteiger charge is 2.76. The minimum atomic E-state index is -0.855. The fourth-order valence-corrected chi connectivity index (χ4v) is 8.49. The van der Waals surface area contributed by atoms with Crippen molar-refractivity contribution in [3.63, 3.8) is 0 Å². The SMILES string of the molecule is CCOc1ccccc1N1C(=O)[C@@H]2[C@@H](C1=O)C1C=C3CCCCC32[C@H]2C(=O)N(c3ccccc3OCC)C(=O)[C@H]12. The summed E-state index contributed by atoms with van der Waals surface area (Å²) in [4.78, 5) is 59.8. The first-order valence-electron chi connectivity index (χ1n) is 14.4. The van der Waals surface area contributed by atoms with Crippen molar-refractivity contribution >= 4 is 35.0 Å². The summed E-state index contributed by atoms with van der Waals surface area (Å²) in [5, 5.41) is 0. The number of hydrogen-bond acceptors (Lipinski definition) is 6. The van der Waals surface area contributed by atoms with Gasteiger partial charge in [0.05, 0.1) is 48.3 Å². The van der Waals surface area contributed by atoms with Crippen molar-refractivity contribution in [3.8, 4) is 11.5 Å². The lowest BCUT2D eigenvalue weighted by Gasteiger charge is -2.58. The molecule has 2 aromatic carbocycles. The summed E-state index contributed by atoms with van der Waals surface area (Å²) >= 11 is 0. The van der Waals surface area contributed by atoms with Gasteiger partial charge in [0.2, 0.25) is 23.6 Å². The van der Waals surface area contributed by atoms with Gasteiger partial charge < -0.3 is 9.47 Å². The standard InChI is InChI=1S/C32H32N2O6/c1-3-39-22-14-7-5-12-20(22)33-28(35)24-19-17-18-11-9-10-16-32(18,26(24)30(33)37)27-25(19)29(36)34(31(27)38)21-13-6-8-15-23(21)40-4-2/h5-8,12-15,17,19,24-27H,3-4,9-11,16H2,1-2H3/t19?,24-,25+,26-,27+,32?. The predicted molar refractivity (Wildman–Crippen MR) is 147 cm³/mol. The molecule has 4 amide bonds. The molecule has 8 nitrogen and oxygen atoms in total. The molecule has 1 spiro atoms. The number of para-hydroxylation sites is 4. The number of hydrogen-bond donors (Lipinski definition) is 0. The Balaban J connectivity index is 1.37. The number of carbonyl (C=O) groups excluding carboxylic acids is 4. The second kappa shape index (κ2) is 9.04. The van der Waals surface area contributed by atoms with Gasteiger partial charge in [0.15, 0.2) is 0 Å². The van der Waals surface area contributed by atoms with Crippen molar-refractivity contribution in [2.24, 2.45) is 35.0 Å². The molecule has 206 valence electrons. The Labute approximate surface area is 232 Å². The molecular weight excluding hydrogens is 508 g/mol. The minimum Gasteiger partial charge on any atom is -0.492 e. The van der Waals surface area contributed by atoms with Gasteiger partial charge in [-0.1, -0.05) is 42.3 Å². The Morgan fingerprint density at radius 3 is 1.73 bits per heavy atom. The normalized spacial score (nSPS) is 32.1. The summed E-state index contributed by atoms with van der Waals surface area (Å²) in [5.74, 6) is -3.51. The van der Waals surface area contributed by atoms with E-state index in [0.29, 0.717) is 42.5 Å². The Kier molecular flexibility index (Phi) is 5.67. The molecule has 0 radical (unpaired) electrons. The fraction of sp³-hybridized carbons (Fsp3) is 0.438. The lowest BCUT2D eigenvalue weighted by Crippen LogP contribution is -2.60. The number of anilines is 2. The number of nitrogens with zero attached hydrogens (tertiary/aromatic N) is 2. The van der Waals surface area contributed by atoms with E-state index < -0.39 is 35.0 Å². The third-order valence-corrected chi connectivity index (χ3v) is 9.73. The van der Waals surface area contributed by atoms with Crippen LogP contribution in [0.25, 0.3) is 0 Å². The van der Waals surface area contributed by atoms with Gasteiger partial charge in [0, 0.05) is 11.3 Å². The number of allylic oxidation sites excluding steroid dienone is 2. The van der Waals surface area contributed by atoms with Crippen molar-refractivity contribution in [2.45, 2.75) is 39.5 Å². The largest absolute Gasteiger partial charge is 0.492 e. The Morgan fingerprint density at radius 2 is 1.23 bits per heavy atom. The van der Waals surface area contributed by atoms with Gasteiger partial charge in [-0.2, -0.15) is 0 Å². The molecule has 2 unspecified atom stereocenters. The number of benzene rings is 2. The van der Waals surface area contributed by atoms with Crippen LogP contribution in [0, 0.1) is 35.0 Å². The third kappa shape index (κ3) is 3.07. The van der Waals surface area contributed by atoms with E-state index in [1.807, 2.05) is 26.0 Å². The monoisotopic (exact) mass is 540 g/mol. The summed E-state index contributed by atoms with van der Waals surface area (Å²) in [6, 6.07) is 14.2. The van der Waals surface area contributed by atoms with Gasteiger partial charge in [0.1, 0.15) is 11.5 Å². The van der Waals surface area contributed by atoms with Crippen LogP contribution in [-0.4, -0.2) is 36.8 Å². The van der Waals surface area contributed by atoms with E-state index in [1.165, 1.54) is 9.80 Å². The molecular formula is C32H32N2O6. The highest BCUT2D eigenvalue weighted by atomic mass is 16.5. The molecule has 8 rings (SSSR count). The van der Waals surface area contributed by atoms with Gasteiger partial charge in [-0.05, 0) is 57.4 Å². The second-order valence-electron chi connectivity index (χ2n) is 11.3. The van der Waals surface area contributed by atoms with Crippen LogP contribution in [0.3, 0.4) is 0 Å². The summed E-state index contributed by atoms with van der Waals surface area (Å²) in [5.41, 5.74) is 1.08. The molecule has 2 aromatic rings. The van der Waals surface area contributed by atoms with Crippen LogP contribution in [-0.2, 0) is 19.2 Å². The van der Waals surface area contributed by atoms with E-state index in [4.69, 9.17) is 9.47 Å². The van der Waals surface area contributed by atoms with E-state index in [1.54, 1.807) is 36.4 Å². The van der Waals surface area contributed by atoms with Crippen molar-refractivity contribution < 1.29 is 28.7 Å². The number of carbonyl (C=O) groups is 4. The van der Waals surface area contributed by atoms with Crippen LogP contribution in [0.5, 0.6) is 11.5 Å². The summed E-state index contributed by atoms with van der Waals surface area (Å²) in [6.07, 6.45) is 5.27. The summed E-state index contributed by atoms with van der Waals surface area (Å²) in [7, 11) is 0. The highest BCUT2D eigenvalue weighted by Crippen LogP contribution is 2.70. The van der Waals surface area contributed by atoms with Gasteiger partial charge >= 0.3 is 0 Å². The molecule has 40 heavy (non-hydrogen) atoms. The molecule has 2 saturated heterocycles. The smallest absolute Gasteiger partial charge is 0.238 e. The highest BCUT2D eigenvalue weighted by molar-refractivity contribution is 6.27. The van der Waals surface area contributed by atoms with Gasteiger partial charge in [0.25, 0.3) is 0 Å². The number of ether oxygens (including phenoxy) is 2. The first-order chi connectivity index (χ1) is 19.5. The van der Waals surface area contributed by atoms with Crippen molar-refractivity contribution in [2.75, 3.05) is 23.0 Å². The lowest BCUT2D eigenvalue weighted by molar-refractivity contribution is -0.151. The van der Waals surface area contributed by atoms with E-state index >= 15 is 0 Å². The molecule has 2 saturated carbocycles. The number of rotatable bonds is 6. The Bertz CT molecular complexity index is 1390. The van der Waals surface area contributed by atoms with Gasteiger partial charge in [-0.3, -0.25) is 19.2 Å². The quantitative estimate of drug-likeness (QED) is 0.395. The summed E-state index contributed by atoms with van der Waals surface area (Å²) < 4.78 is 11.6. The zero-order valence-electron chi connectivity index (χ0n) is 22.7. The van der Waals surface area contributed by atoms with E-state index in [0.717, 1.165) is 24.8 Å².